The third-order valence-corrected chi connectivity index (χ3v) is 3.35. The average Bonchev–Trinajstić information content (AvgIpc) is 2.50. The highest BCUT2D eigenvalue weighted by molar-refractivity contribution is 5.79. The second-order valence-electron chi connectivity index (χ2n) is 4.39. The summed E-state index contributed by atoms with van der Waals surface area (Å²) in [6, 6.07) is 0. The molecule has 4 nitrogen and oxygen atoms in total. The normalized spacial score (nSPS) is 30.4. The highest BCUT2D eigenvalue weighted by atomic mass is 16.7. The predicted molar refractivity (Wildman–Crippen MR) is 56.0 cm³/mol. The molecule has 0 aromatic rings. The van der Waals surface area contributed by atoms with Gasteiger partial charge in [-0.15, -0.1) is 0 Å². The van der Waals surface area contributed by atoms with E-state index in [1.807, 2.05) is 6.92 Å². The molecule has 2 heterocycles. The minimum absolute atomic E-state index is 0.184. The molecule has 0 amide bonds. The molecule has 2 aliphatic rings. The van der Waals surface area contributed by atoms with E-state index in [0.717, 1.165) is 5.84 Å². The Balaban J connectivity index is 1.91. The Kier molecular flexibility index (Phi) is 2.63. The Morgan fingerprint density at radius 1 is 1.29 bits per heavy atom. The Bertz CT molecular complexity index is 234. The van der Waals surface area contributed by atoms with Crippen molar-refractivity contribution < 1.29 is 4.84 Å². The number of piperidine rings is 1. The fourth-order valence-corrected chi connectivity index (χ4v) is 2.17. The molecule has 1 unspecified atom stereocenters. The first-order valence-electron chi connectivity index (χ1n) is 5.30. The zero-order valence-corrected chi connectivity index (χ0v) is 9.23. The first-order valence-corrected chi connectivity index (χ1v) is 5.30. The van der Waals surface area contributed by atoms with E-state index in [4.69, 9.17) is 4.84 Å². The lowest BCUT2D eigenvalue weighted by atomic mass is 9.95. The minimum Gasteiger partial charge on any atom is -0.368 e. The Morgan fingerprint density at radius 2 is 1.93 bits per heavy atom. The third kappa shape index (κ3) is 1.71. The van der Waals surface area contributed by atoms with E-state index >= 15 is 0 Å². The molecule has 2 rings (SSSR count). The van der Waals surface area contributed by atoms with Crippen LogP contribution in [-0.4, -0.2) is 49.0 Å². The van der Waals surface area contributed by atoms with Crippen LogP contribution in [0.25, 0.3) is 0 Å². The maximum Gasteiger partial charge on any atom is 0.203 e. The van der Waals surface area contributed by atoms with Crippen molar-refractivity contribution in [2.75, 3.05) is 27.2 Å². The van der Waals surface area contributed by atoms with Crippen LogP contribution in [0.3, 0.4) is 0 Å². The van der Waals surface area contributed by atoms with Crippen LogP contribution < -0.4 is 0 Å². The third-order valence-electron chi connectivity index (χ3n) is 3.35. The van der Waals surface area contributed by atoms with Crippen molar-refractivity contribution in [3.63, 3.8) is 0 Å². The van der Waals surface area contributed by atoms with Crippen LogP contribution in [0.2, 0.25) is 0 Å². The molecule has 1 fully saturated rings. The number of likely N-dealkylation sites (tertiary alicyclic amines) is 1. The van der Waals surface area contributed by atoms with Gasteiger partial charge in [0, 0.05) is 13.0 Å². The summed E-state index contributed by atoms with van der Waals surface area (Å²) in [5, 5.41) is 4.02. The molecule has 0 saturated carbocycles. The summed E-state index contributed by atoms with van der Waals surface area (Å²) >= 11 is 0. The largest absolute Gasteiger partial charge is 0.368 e. The predicted octanol–water partition coefficient (Wildman–Crippen LogP) is 0.950. The van der Waals surface area contributed by atoms with Gasteiger partial charge in [-0.1, -0.05) is 5.16 Å². The molecule has 0 aliphatic carbocycles. The molecule has 0 radical (unpaired) electrons. The first-order chi connectivity index (χ1) is 6.68. The average molecular weight is 197 g/mol. The van der Waals surface area contributed by atoms with E-state index in [1.165, 1.54) is 25.9 Å². The van der Waals surface area contributed by atoms with Gasteiger partial charge in [0.25, 0.3) is 0 Å². The minimum atomic E-state index is 0.184. The smallest absolute Gasteiger partial charge is 0.203 e. The first kappa shape index (κ1) is 9.77. The van der Waals surface area contributed by atoms with Gasteiger partial charge in [-0.3, -0.25) is 0 Å². The van der Waals surface area contributed by atoms with E-state index in [2.05, 4.69) is 29.1 Å². The number of hydrogen-bond donors (Lipinski definition) is 0. The lowest BCUT2D eigenvalue weighted by molar-refractivity contribution is -0.0406. The van der Waals surface area contributed by atoms with Crippen LogP contribution in [-0.2, 0) is 4.84 Å². The van der Waals surface area contributed by atoms with Crippen molar-refractivity contribution in [2.45, 2.75) is 26.0 Å². The summed E-state index contributed by atoms with van der Waals surface area (Å²) < 4.78 is 0. The summed E-state index contributed by atoms with van der Waals surface area (Å²) in [5.41, 5.74) is 0. The molecule has 0 bridgehead atoms. The molecule has 0 aromatic heterocycles. The zero-order chi connectivity index (χ0) is 10.1. The van der Waals surface area contributed by atoms with Gasteiger partial charge in [0.05, 0.1) is 0 Å². The van der Waals surface area contributed by atoms with Crippen LogP contribution in [0.4, 0.5) is 0 Å². The maximum absolute atomic E-state index is 5.45. The standard InChI is InChI=1S/C10H19N3O/c1-8-11-14-10(13(8)3)9-4-6-12(2)7-5-9/h9-10H,4-7H2,1-3H3. The van der Waals surface area contributed by atoms with E-state index < -0.39 is 0 Å². The Morgan fingerprint density at radius 3 is 2.43 bits per heavy atom. The van der Waals surface area contributed by atoms with Gasteiger partial charge in [0.1, 0.15) is 5.84 Å². The van der Waals surface area contributed by atoms with Crippen molar-refractivity contribution in [2.24, 2.45) is 11.1 Å². The molecular formula is C10H19N3O. The van der Waals surface area contributed by atoms with Crippen molar-refractivity contribution in [1.29, 1.82) is 0 Å². The Labute approximate surface area is 85.5 Å². The summed E-state index contributed by atoms with van der Waals surface area (Å²) in [6.07, 6.45) is 2.62. The monoisotopic (exact) mass is 197 g/mol. The van der Waals surface area contributed by atoms with Crippen LogP contribution in [0.5, 0.6) is 0 Å². The van der Waals surface area contributed by atoms with Crippen LogP contribution in [0, 0.1) is 5.92 Å². The second kappa shape index (κ2) is 3.77. The number of nitrogens with zero attached hydrogens (tertiary/aromatic N) is 3. The highest BCUT2D eigenvalue weighted by Gasteiger charge is 2.33. The topological polar surface area (TPSA) is 28.1 Å². The fraction of sp³-hybridized carbons (Fsp3) is 0.900. The van der Waals surface area contributed by atoms with Gasteiger partial charge in [-0.2, -0.15) is 0 Å². The molecule has 4 heteroatoms. The number of amidine groups is 1. The fourth-order valence-electron chi connectivity index (χ4n) is 2.17. The molecule has 1 atom stereocenters. The lowest BCUT2D eigenvalue weighted by Gasteiger charge is -2.34. The molecule has 14 heavy (non-hydrogen) atoms. The summed E-state index contributed by atoms with van der Waals surface area (Å²) in [5.74, 6) is 1.63. The molecule has 1 saturated heterocycles. The summed E-state index contributed by atoms with van der Waals surface area (Å²) in [4.78, 5) is 9.97. The molecular weight excluding hydrogens is 178 g/mol. The number of hydrogen-bond acceptors (Lipinski definition) is 4. The molecule has 0 N–H and O–H groups in total. The highest BCUT2D eigenvalue weighted by Crippen LogP contribution is 2.26. The van der Waals surface area contributed by atoms with E-state index in [-0.39, 0.29) is 6.23 Å². The SMILES string of the molecule is CC1=NOC(C2CCN(C)CC2)N1C. The molecule has 80 valence electrons. The van der Waals surface area contributed by atoms with Gasteiger partial charge in [-0.25, -0.2) is 0 Å². The zero-order valence-electron chi connectivity index (χ0n) is 9.23. The van der Waals surface area contributed by atoms with Crippen molar-refractivity contribution >= 4 is 5.84 Å². The number of oxime groups is 1. The van der Waals surface area contributed by atoms with Crippen molar-refractivity contribution in [3.05, 3.63) is 0 Å². The van der Waals surface area contributed by atoms with Crippen molar-refractivity contribution in [3.8, 4) is 0 Å². The molecule has 0 spiro atoms. The molecule has 2 aliphatic heterocycles. The van der Waals surface area contributed by atoms with Gasteiger partial charge in [0.15, 0.2) is 0 Å². The maximum atomic E-state index is 5.45. The van der Waals surface area contributed by atoms with Crippen LogP contribution in [0.1, 0.15) is 19.8 Å². The summed E-state index contributed by atoms with van der Waals surface area (Å²) in [6.45, 7) is 4.35. The van der Waals surface area contributed by atoms with Crippen LogP contribution in [0.15, 0.2) is 5.16 Å². The van der Waals surface area contributed by atoms with Crippen molar-refractivity contribution in [1.82, 2.24) is 9.80 Å². The Hall–Kier alpha value is -0.770. The van der Waals surface area contributed by atoms with Gasteiger partial charge in [0.2, 0.25) is 6.23 Å². The summed E-state index contributed by atoms with van der Waals surface area (Å²) in [7, 11) is 4.24. The van der Waals surface area contributed by atoms with Crippen LogP contribution >= 0.6 is 0 Å². The lowest BCUT2D eigenvalue weighted by Crippen LogP contribution is -2.42. The number of rotatable bonds is 1. The molecule has 0 aromatic carbocycles. The van der Waals surface area contributed by atoms with E-state index in [0.29, 0.717) is 5.92 Å². The van der Waals surface area contributed by atoms with E-state index in [1.54, 1.807) is 0 Å². The van der Waals surface area contributed by atoms with Gasteiger partial charge in [-0.05, 0) is 39.9 Å². The van der Waals surface area contributed by atoms with Gasteiger partial charge < -0.3 is 14.6 Å². The second-order valence-corrected chi connectivity index (χ2v) is 4.39. The van der Waals surface area contributed by atoms with E-state index in [9.17, 15) is 0 Å². The van der Waals surface area contributed by atoms with Gasteiger partial charge >= 0.3 is 0 Å². The quantitative estimate of drug-likeness (QED) is 0.626.